The van der Waals surface area contributed by atoms with Crippen LogP contribution < -0.4 is 14.8 Å². The highest BCUT2D eigenvalue weighted by molar-refractivity contribution is 9.10. The summed E-state index contributed by atoms with van der Waals surface area (Å²) in [5.74, 6) is 0.986. The Morgan fingerprint density at radius 2 is 1.79 bits per heavy atom. The molecule has 2 N–H and O–H groups in total. The number of hydrogen-bond acceptors (Lipinski definition) is 4. The van der Waals surface area contributed by atoms with Crippen molar-refractivity contribution in [3.63, 3.8) is 0 Å². The van der Waals surface area contributed by atoms with Gasteiger partial charge in [-0.1, -0.05) is 34.1 Å². The number of halogens is 1. The molecule has 0 saturated heterocycles. The van der Waals surface area contributed by atoms with Gasteiger partial charge in [-0.05, 0) is 43.3 Å². The fourth-order valence-electron chi connectivity index (χ4n) is 1.90. The number of nitrogens with one attached hydrogen (secondary N) is 1. The molecule has 6 heteroatoms. The van der Waals surface area contributed by atoms with Crippen molar-refractivity contribution in [3.8, 4) is 11.5 Å². The van der Waals surface area contributed by atoms with Gasteiger partial charge in [0.15, 0.2) is 6.10 Å². The van der Waals surface area contributed by atoms with E-state index in [0.717, 1.165) is 4.47 Å². The zero-order valence-corrected chi connectivity index (χ0v) is 14.9. The largest absolute Gasteiger partial charge is 0.491 e. The number of amides is 1. The van der Waals surface area contributed by atoms with Gasteiger partial charge < -0.3 is 19.9 Å². The van der Waals surface area contributed by atoms with Crippen LogP contribution in [0.2, 0.25) is 0 Å². The Morgan fingerprint density at radius 3 is 2.46 bits per heavy atom. The molecule has 0 aliphatic heterocycles. The van der Waals surface area contributed by atoms with E-state index in [-0.39, 0.29) is 19.1 Å². The Kier molecular flexibility index (Phi) is 7.08. The molecule has 2 aromatic rings. The summed E-state index contributed by atoms with van der Waals surface area (Å²) in [6, 6.07) is 16.4. The molecule has 128 valence electrons. The van der Waals surface area contributed by atoms with E-state index in [9.17, 15) is 9.90 Å². The number of carbonyl (C=O) groups is 1. The lowest BCUT2D eigenvalue weighted by Crippen LogP contribution is -2.41. The smallest absolute Gasteiger partial charge is 0.260 e. The van der Waals surface area contributed by atoms with Gasteiger partial charge in [0.2, 0.25) is 0 Å². The Morgan fingerprint density at radius 1 is 1.12 bits per heavy atom. The third-order valence-electron chi connectivity index (χ3n) is 3.19. The summed E-state index contributed by atoms with van der Waals surface area (Å²) in [6.45, 7) is 1.86. The number of para-hydroxylation sites is 1. The van der Waals surface area contributed by atoms with Gasteiger partial charge in [-0.2, -0.15) is 0 Å². The van der Waals surface area contributed by atoms with Gasteiger partial charge in [-0.15, -0.1) is 0 Å². The summed E-state index contributed by atoms with van der Waals surface area (Å²) < 4.78 is 11.9. The number of ether oxygens (including phenoxy) is 2. The molecule has 2 aromatic carbocycles. The van der Waals surface area contributed by atoms with Crippen LogP contribution in [0.5, 0.6) is 11.5 Å². The first-order chi connectivity index (χ1) is 11.5. The van der Waals surface area contributed by atoms with E-state index in [1.54, 1.807) is 31.2 Å². The van der Waals surface area contributed by atoms with Gasteiger partial charge in [0.25, 0.3) is 5.91 Å². The van der Waals surface area contributed by atoms with E-state index >= 15 is 0 Å². The predicted octanol–water partition coefficient (Wildman–Crippen LogP) is 2.77. The first-order valence-corrected chi connectivity index (χ1v) is 8.40. The molecular formula is C18H20BrNO4. The average molecular weight is 394 g/mol. The van der Waals surface area contributed by atoms with Crippen LogP contribution in [-0.4, -0.2) is 36.4 Å². The highest BCUT2D eigenvalue weighted by Crippen LogP contribution is 2.17. The van der Waals surface area contributed by atoms with Crippen LogP contribution in [0.3, 0.4) is 0 Å². The SMILES string of the molecule is C[C@@H](Oc1ccc(Br)cc1)C(=O)NC[C@@H](O)COc1ccccc1. The fourth-order valence-corrected chi connectivity index (χ4v) is 2.17. The molecule has 0 aliphatic carbocycles. The molecule has 0 radical (unpaired) electrons. The molecule has 0 unspecified atom stereocenters. The topological polar surface area (TPSA) is 67.8 Å². The molecule has 0 aromatic heterocycles. The lowest BCUT2D eigenvalue weighted by atomic mass is 10.3. The van der Waals surface area contributed by atoms with Crippen molar-refractivity contribution in [2.45, 2.75) is 19.1 Å². The lowest BCUT2D eigenvalue weighted by molar-refractivity contribution is -0.127. The van der Waals surface area contributed by atoms with Gasteiger partial charge in [0, 0.05) is 11.0 Å². The maximum absolute atomic E-state index is 12.0. The van der Waals surface area contributed by atoms with Crippen molar-refractivity contribution in [2.75, 3.05) is 13.2 Å². The number of carbonyl (C=O) groups excluding carboxylic acids is 1. The molecule has 0 spiro atoms. The van der Waals surface area contributed by atoms with Crippen molar-refractivity contribution in [1.29, 1.82) is 0 Å². The van der Waals surface area contributed by atoms with E-state index in [1.807, 2.05) is 30.3 Å². The molecule has 5 nitrogen and oxygen atoms in total. The van der Waals surface area contributed by atoms with Crippen LogP contribution in [0.4, 0.5) is 0 Å². The summed E-state index contributed by atoms with van der Waals surface area (Å²) in [5.41, 5.74) is 0. The van der Waals surface area contributed by atoms with Crippen LogP contribution in [0.1, 0.15) is 6.92 Å². The van der Waals surface area contributed by atoms with Crippen molar-refractivity contribution < 1.29 is 19.4 Å². The monoisotopic (exact) mass is 393 g/mol. The summed E-state index contributed by atoms with van der Waals surface area (Å²) >= 11 is 3.34. The first kappa shape index (κ1) is 18.3. The second kappa shape index (κ2) is 9.30. The minimum Gasteiger partial charge on any atom is -0.491 e. The fraction of sp³-hybridized carbons (Fsp3) is 0.278. The third kappa shape index (κ3) is 6.22. The van der Waals surface area contributed by atoms with Gasteiger partial charge in [0.05, 0.1) is 0 Å². The van der Waals surface area contributed by atoms with Crippen molar-refractivity contribution >= 4 is 21.8 Å². The van der Waals surface area contributed by atoms with E-state index in [2.05, 4.69) is 21.2 Å². The van der Waals surface area contributed by atoms with Gasteiger partial charge in [-0.3, -0.25) is 4.79 Å². The molecule has 0 saturated carbocycles. The standard InChI is InChI=1S/C18H20BrNO4/c1-13(24-17-9-7-14(19)8-10-17)18(22)20-11-15(21)12-23-16-5-3-2-4-6-16/h2-10,13,15,21H,11-12H2,1H3,(H,20,22)/t13-,15-/m1/s1. The Balaban J connectivity index is 1.70. The van der Waals surface area contributed by atoms with Crippen LogP contribution in [-0.2, 0) is 4.79 Å². The first-order valence-electron chi connectivity index (χ1n) is 7.60. The summed E-state index contributed by atoms with van der Waals surface area (Å²) in [5, 5.41) is 12.5. The summed E-state index contributed by atoms with van der Waals surface area (Å²) in [6.07, 6.45) is -1.46. The molecule has 0 aliphatic rings. The number of hydrogen-bond donors (Lipinski definition) is 2. The molecule has 0 fully saturated rings. The molecule has 1 amide bonds. The maximum atomic E-state index is 12.0. The Bertz CT molecular complexity index is 633. The second-order valence-electron chi connectivity index (χ2n) is 5.24. The van der Waals surface area contributed by atoms with Gasteiger partial charge >= 0.3 is 0 Å². The van der Waals surface area contributed by atoms with Crippen molar-refractivity contribution in [3.05, 3.63) is 59.1 Å². The minimum absolute atomic E-state index is 0.0969. The highest BCUT2D eigenvalue weighted by atomic mass is 79.9. The number of aliphatic hydroxyl groups is 1. The number of benzene rings is 2. The molecule has 2 atom stereocenters. The van der Waals surface area contributed by atoms with Crippen molar-refractivity contribution in [2.24, 2.45) is 0 Å². The van der Waals surface area contributed by atoms with Gasteiger partial charge in [0.1, 0.15) is 24.2 Å². The van der Waals surface area contributed by atoms with E-state index in [0.29, 0.717) is 11.5 Å². The van der Waals surface area contributed by atoms with Crippen LogP contribution in [0, 0.1) is 0 Å². The van der Waals surface area contributed by atoms with E-state index < -0.39 is 12.2 Å². The van der Waals surface area contributed by atoms with Crippen LogP contribution >= 0.6 is 15.9 Å². The van der Waals surface area contributed by atoms with Crippen LogP contribution in [0.15, 0.2) is 59.1 Å². The zero-order valence-electron chi connectivity index (χ0n) is 13.3. The predicted molar refractivity (Wildman–Crippen MR) is 95.2 cm³/mol. The molecule has 0 heterocycles. The molecule has 0 bridgehead atoms. The highest BCUT2D eigenvalue weighted by Gasteiger charge is 2.16. The van der Waals surface area contributed by atoms with E-state index in [1.165, 1.54) is 0 Å². The average Bonchev–Trinajstić information content (AvgIpc) is 2.60. The third-order valence-corrected chi connectivity index (χ3v) is 3.72. The molecular weight excluding hydrogens is 374 g/mol. The second-order valence-corrected chi connectivity index (χ2v) is 6.15. The quantitative estimate of drug-likeness (QED) is 0.723. The molecule has 24 heavy (non-hydrogen) atoms. The van der Waals surface area contributed by atoms with Crippen molar-refractivity contribution in [1.82, 2.24) is 5.32 Å². The Labute approximate surface area is 149 Å². The van der Waals surface area contributed by atoms with Gasteiger partial charge in [-0.25, -0.2) is 0 Å². The minimum atomic E-state index is -0.797. The summed E-state index contributed by atoms with van der Waals surface area (Å²) in [7, 11) is 0. The maximum Gasteiger partial charge on any atom is 0.260 e. The zero-order chi connectivity index (χ0) is 17.4. The Hall–Kier alpha value is -2.05. The number of aliphatic hydroxyl groups excluding tert-OH is 1. The lowest BCUT2D eigenvalue weighted by Gasteiger charge is -2.17. The number of rotatable bonds is 8. The van der Waals surface area contributed by atoms with Crippen LogP contribution in [0.25, 0.3) is 0 Å². The normalized spacial score (nSPS) is 13.0. The summed E-state index contributed by atoms with van der Waals surface area (Å²) in [4.78, 5) is 12.0. The van der Waals surface area contributed by atoms with E-state index in [4.69, 9.17) is 9.47 Å². The molecule has 2 rings (SSSR count).